The molecular formula is C18H20N2O3. The summed E-state index contributed by atoms with van der Waals surface area (Å²) in [5.74, 6) is 1.87. The highest BCUT2D eigenvalue weighted by Gasteiger charge is 2.16. The Morgan fingerprint density at radius 1 is 1.17 bits per heavy atom. The fourth-order valence-electron chi connectivity index (χ4n) is 2.52. The lowest BCUT2D eigenvalue weighted by atomic mass is 10.0. The smallest absolute Gasteiger partial charge is 0.263 e. The van der Waals surface area contributed by atoms with Crippen LogP contribution in [-0.2, 0) is 6.54 Å². The van der Waals surface area contributed by atoms with Gasteiger partial charge in [0, 0.05) is 19.2 Å². The lowest BCUT2D eigenvalue weighted by Gasteiger charge is -2.17. The summed E-state index contributed by atoms with van der Waals surface area (Å²) in [4.78, 5) is 4.49. The molecule has 2 heterocycles. The molecule has 3 aromatic rings. The third-order valence-electron chi connectivity index (χ3n) is 3.76. The SMILES string of the molecule is Cc1oc(-c2ccco2)nc1CNC(CCO)c1ccccc1. The predicted octanol–water partition coefficient (Wildman–Crippen LogP) is 3.46. The minimum Gasteiger partial charge on any atom is -0.459 e. The van der Waals surface area contributed by atoms with E-state index in [0.29, 0.717) is 24.6 Å². The molecule has 1 unspecified atom stereocenters. The lowest BCUT2D eigenvalue weighted by Crippen LogP contribution is -2.22. The van der Waals surface area contributed by atoms with Crippen LogP contribution in [0.25, 0.3) is 11.7 Å². The number of hydrogen-bond acceptors (Lipinski definition) is 5. The maximum atomic E-state index is 9.29. The van der Waals surface area contributed by atoms with E-state index in [1.807, 2.05) is 31.2 Å². The minimum atomic E-state index is 0.0735. The third-order valence-corrected chi connectivity index (χ3v) is 3.76. The molecule has 5 nitrogen and oxygen atoms in total. The largest absolute Gasteiger partial charge is 0.459 e. The normalized spacial score (nSPS) is 12.4. The van der Waals surface area contributed by atoms with Crippen LogP contribution in [0.15, 0.2) is 57.6 Å². The van der Waals surface area contributed by atoms with Crippen LogP contribution in [0.1, 0.15) is 29.5 Å². The van der Waals surface area contributed by atoms with E-state index in [2.05, 4.69) is 22.4 Å². The predicted molar refractivity (Wildman–Crippen MR) is 86.7 cm³/mol. The maximum Gasteiger partial charge on any atom is 0.263 e. The number of nitrogens with one attached hydrogen (secondary N) is 1. The van der Waals surface area contributed by atoms with Gasteiger partial charge in [0.1, 0.15) is 5.76 Å². The molecule has 0 amide bonds. The van der Waals surface area contributed by atoms with Crippen LogP contribution in [-0.4, -0.2) is 16.7 Å². The van der Waals surface area contributed by atoms with Crippen molar-refractivity contribution < 1.29 is 13.9 Å². The van der Waals surface area contributed by atoms with Crippen LogP contribution >= 0.6 is 0 Å². The molecule has 3 rings (SSSR count). The van der Waals surface area contributed by atoms with Gasteiger partial charge in [0.2, 0.25) is 0 Å². The second kappa shape index (κ2) is 7.26. The average Bonchev–Trinajstić information content (AvgIpc) is 3.22. The van der Waals surface area contributed by atoms with Gasteiger partial charge in [-0.1, -0.05) is 30.3 Å². The first-order valence-corrected chi connectivity index (χ1v) is 7.67. The van der Waals surface area contributed by atoms with Crippen molar-refractivity contribution >= 4 is 0 Å². The highest BCUT2D eigenvalue weighted by atomic mass is 16.4. The monoisotopic (exact) mass is 312 g/mol. The molecule has 120 valence electrons. The van der Waals surface area contributed by atoms with Crippen LogP contribution in [0.3, 0.4) is 0 Å². The van der Waals surface area contributed by atoms with E-state index < -0.39 is 0 Å². The first kappa shape index (κ1) is 15.5. The lowest BCUT2D eigenvalue weighted by molar-refractivity contribution is 0.265. The summed E-state index contributed by atoms with van der Waals surface area (Å²) < 4.78 is 11.0. The Hall–Kier alpha value is -2.37. The zero-order valence-electron chi connectivity index (χ0n) is 13.0. The molecule has 0 aliphatic rings. The Labute approximate surface area is 135 Å². The number of aliphatic hydroxyl groups excluding tert-OH is 1. The molecule has 2 N–H and O–H groups in total. The van der Waals surface area contributed by atoms with E-state index in [9.17, 15) is 5.11 Å². The Bertz CT molecular complexity index is 720. The highest BCUT2D eigenvalue weighted by Crippen LogP contribution is 2.23. The van der Waals surface area contributed by atoms with Gasteiger partial charge in [0.15, 0.2) is 5.76 Å². The molecule has 0 aliphatic carbocycles. The molecule has 0 saturated carbocycles. The van der Waals surface area contributed by atoms with Crippen molar-refractivity contribution in [3.8, 4) is 11.7 Å². The van der Waals surface area contributed by atoms with Crippen molar-refractivity contribution in [2.24, 2.45) is 0 Å². The Morgan fingerprint density at radius 2 is 2.00 bits per heavy atom. The second-order valence-corrected chi connectivity index (χ2v) is 5.36. The van der Waals surface area contributed by atoms with Gasteiger partial charge in [-0.15, -0.1) is 0 Å². The number of hydrogen-bond donors (Lipinski definition) is 2. The van der Waals surface area contributed by atoms with Crippen LogP contribution < -0.4 is 5.32 Å². The minimum absolute atomic E-state index is 0.0735. The van der Waals surface area contributed by atoms with Crippen LogP contribution in [0, 0.1) is 6.92 Å². The zero-order chi connectivity index (χ0) is 16.1. The number of nitrogens with zero attached hydrogens (tertiary/aromatic N) is 1. The van der Waals surface area contributed by atoms with E-state index in [1.165, 1.54) is 0 Å². The highest BCUT2D eigenvalue weighted by molar-refractivity contribution is 5.44. The van der Waals surface area contributed by atoms with Gasteiger partial charge in [-0.05, 0) is 31.0 Å². The fourth-order valence-corrected chi connectivity index (χ4v) is 2.52. The Kier molecular flexibility index (Phi) is 4.90. The zero-order valence-corrected chi connectivity index (χ0v) is 13.0. The van der Waals surface area contributed by atoms with Crippen LogP contribution in [0.2, 0.25) is 0 Å². The molecule has 0 spiro atoms. The van der Waals surface area contributed by atoms with Crippen molar-refractivity contribution in [3.63, 3.8) is 0 Å². The molecule has 2 aromatic heterocycles. The standard InChI is InChI=1S/C18H20N2O3/c1-13-16(20-18(23-13)17-8-5-11-22-17)12-19-15(9-10-21)14-6-3-2-4-7-14/h2-8,11,15,19,21H,9-10,12H2,1H3. The number of oxazole rings is 1. The summed E-state index contributed by atoms with van der Waals surface area (Å²) in [6.45, 7) is 2.58. The van der Waals surface area contributed by atoms with Crippen molar-refractivity contribution in [2.75, 3.05) is 6.61 Å². The number of furan rings is 1. The van der Waals surface area contributed by atoms with Crippen molar-refractivity contribution in [1.29, 1.82) is 0 Å². The Morgan fingerprint density at radius 3 is 2.70 bits per heavy atom. The van der Waals surface area contributed by atoms with E-state index in [4.69, 9.17) is 8.83 Å². The number of aliphatic hydroxyl groups is 1. The van der Waals surface area contributed by atoms with E-state index in [1.54, 1.807) is 12.3 Å². The van der Waals surface area contributed by atoms with Gasteiger partial charge in [-0.3, -0.25) is 0 Å². The van der Waals surface area contributed by atoms with Gasteiger partial charge in [0.25, 0.3) is 5.89 Å². The van der Waals surface area contributed by atoms with E-state index >= 15 is 0 Å². The van der Waals surface area contributed by atoms with E-state index in [-0.39, 0.29) is 12.6 Å². The summed E-state index contributed by atoms with van der Waals surface area (Å²) in [7, 11) is 0. The molecule has 0 bridgehead atoms. The summed E-state index contributed by atoms with van der Waals surface area (Å²) in [6, 6.07) is 13.8. The van der Waals surface area contributed by atoms with Crippen molar-refractivity contribution in [3.05, 3.63) is 65.7 Å². The molecule has 23 heavy (non-hydrogen) atoms. The second-order valence-electron chi connectivity index (χ2n) is 5.36. The number of rotatable bonds is 7. The maximum absolute atomic E-state index is 9.29. The van der Waals surface area contributed by atoms with E-state index in [0.717, 1.165) is 17.0 Å². The van der Waals surface area contributed by atoms with Crippen LogP contribution in [0.5, 0.6) is 0 Å². The van der Waals surface area contributed by atoms with Gasteiger partial charge in [0.05, 0.1) is 12.0 Å². The number of aromatic nitrogens is 1. The molecule has 1 aromatic carbocycles. The quantitative estimate of drug-likeness (QED) is 0.699. The molecule has 0 fully saturated rings. The number of aryl methyl sites for hydroxylation is 1. The van der Waals surface area contributed by atoms with Gasteiger partial charge >= 0.3 is 0 Å². The first-order valence-electron chi connectivity index (χ1n) is 7.67. The van der Waals surface area contributed by atoms with Crippen molar-refractivity contribution in [1.82, 2.24) is 10.3 Å². The number of benzene rings is 1. The molecular weight excluding hydrogens is 292 g/mol. The summed E-state index contributed by atoms with van der Waals surface area (Å²) >= 11 is 0. The molecule has 0 saturated heterocycles. The topological polar surface area (TPSA) is 71.4 Å². The molecule has 0 radical (unpaired) electrons. The fraction of sp³-hybridized carbons (Fsp3) is 0.278. The summed E-state index contributed by atoms with van der Waals surface area (Å²) in [5, 5.41) is 12.7. The molecule has 1 atom stereocenters. The van der Waals surface area contributed by atoms with Gasteiger partial charge in [-0.25, -0.2) is 4.98 Å². The van der Waals surface area contributed by atoms with Gasteiger partial charge in [-0.2, -0.15) is 0 Å². The molecule has 0 aliphatic heterocycles. The summed E-state index contributed by atoms with van der Waals surface area (Å²) in [6.07, 6.45) is 2.24. The summed E-state index contributed by atoms with van der Waals surface area (Å²) in [5.41, 5.74) is 1.99. The average molecular weight is 312 g/mol. The molecule has 5 heteroatoms. The Balaban J connectivity index is 1.71. The first-order chi connectivity index (χ1) is 11.3. The van der Waals surface area contributed by atoms with Gasteiger partial charge < -0.3 is 19.3 Å². The van der Waals surface area contributed by atoms with Crippen molar-refractivity contribution in [2.45, 2.75) is 25.9 Å². The van der Waals surface area contributed by atoms with Crippen LogP contribution in [0.4, 0.5) is 0 Å². The third kappa shape index (κ3) is 3.70.